The Hall–Kier alpha value is -1.65. The van der Waals surface area contributed by atoms with E-state index in [0.717, 1.165) is 10.0 Å². The molecule has 1 heterocycles. The minimum atomic E-state index is -1.17. The third-order valence-corrected chi connectivity index (χ3v) is 3.69. The summed E-state index contributed by atoms with van der Waals surface area (Å²) in [6, 6.07) is 14.4. The molecule has 0 spiro atoms. The summed E-state index contributed by atoms with van der Waals surface area (Å²) < 4.78 is 6.69. The molecule has 1 N–H and O–H groups in total. The summed E-state index contributed by atoms with van der Waals surface area (Å²) in [6.07, 6.45) is -1.83. The van der Waals surface area contributed by atoms with Crippen LogP contribution >= 0.6 is 15.9 Å². The van der Waals surface area contributed by atoms with E-state index in [1.165, 1.54) is 0 Å². The molecule has 0 saturated heterocycles. The SMILES string of the molecule is O=C1c2ccccc2OC(c2ccc(Br)cc2)C1O. The molecule has 0 fully saturated rings. The van der Waals surface area contributed by atoms with Gasteiger partial charge in [-0.3, -0.25) is 4.79 Å². The molecular weight excluding hydrogens is 308 g/mol. The highest BCUT2D eigenvalue weighted by Gasteiger charge is 2.36. The first-order chi connectivity index (χ1) is 9.16. The second-order valence-corrected chi connectivity index (χ2v) is 5.31. The van der Waals surface area contributed by atoms with Crippen LogP contribution in [0.15, 0.2) is 53.0 Å². The van der Waals surface area contributed by atoms with Crippen molar-refractivity contribution in [1.82, 2.24) is 0 Å². The summed E-state index contributed by atoms with van der Waals surface area (Å²) in [5.74, 6) is 0.223. The van der Waals surface area contributed by atoms with Crippen LogP contribution in [-0.2, 0) is 0 Å². The zero-order valence-corrected chi connectivity index (χ0v) is 11.5. The standard InChI is InChI=1S/C15H11BrO3/c16-10-7-5-9(6-8-10)15-14(18)13(17)11-3-1-2-4-12(11)19-15/h1-8,14-15,18H. The molecular formula is C15H11BrO3. The Morgan fingerprint density at radius 1 is 1.05 bits per heavy atom. The van der Waals surface area contributed by atoms with Crippen molar-refractivity contribution in [3.05, 3.63) is 64.1 Å². The van der Waals surface area contributed by atoms with Gasteiger partial charge in [0.15, 0.2) is 18.0 Å². The van der Waals surface area contributed by atoms with Gasteiger partial charge >= 0.3 is 0 Å². The topological polar surface area (TPSA) is 46.5 Å². The molecule has 0 saturated carbocycles. The normalized spacial score (nSPS) is 21.7. The number of para-hydroxylation sites is 1. The fraction of sp³-hybridized carbons (Fsp3) is 0.133. The van der Waals surface area contributed by atoms with Crippen LogP contribution in [0.4, 0.5) is 0 Å². The molecule has 4 heteroatoms. The van der Waals surface area contributed by atoms with E-state index in [-0.39, 0.29) is 5.78 Å². The summed E-state index contributed by atoms with van der Waals surface area (Å²) in [5.41, 5.74) is 1.21. The number of aliphatic hydroxyl groups excluding tert-OH is 1. The first-order valence-electron chi connectivity index (χ1n) is 5.90. The molecule has 2 aromatic carbocycles. The van der Waals surface area contributed by atoms with Crippen molar-refractivity contribution in [2.24, 2.45) is 0 Å². The molecule has 2 aromatic rings. The molecule has 0 bridgehead atoms. The third-order valence-electron chi connectivity index (χ3n) is 3.16. The zero-order chi connectivity index (χ0) is 13.4. The van der Waals surface area contributed by atoms with E-state index < -0.39 is 12.2 Å². The molecule has 0 radical (unpaired) electrons. The summed E-state index contributed by atoms with van der Waals surface area (Å²) >= 11 is 3.35. The van der Waals surface area contributed by atoms with E-state index in [0.29, 0.717) is 11.3 Å². The van der Waals surface area contributed by atoms with Gasteiger partial charge in [0, 0.05) is 4.47 Å². The summed E-state index contributed by atoms with van der Waals surface area (Å²) in [6.45, 7) is 0. The highest BCUT2D eigenvalue weighted by atomic mass is 79.9. The van der Waals surface area contributed by atoms with Crippen LogP contribution < -0.4 is 4.74 Å². The summed E-state index contributed by atoms with van der Waals surface area (Å²) in [7, 11) is 0. The molecule has 1 aliphatic heterocycles. The minimum absolute atomic E-state index is 0.297. The molecule has 19 heavy (non-hydrogen) atoms. The fourth-order valence-corrected chi connectivity index (χ4v) is 2.44. The smallest absolute Gasteiger partial charge is 0.199 e. The third kappa shape index (κ3) is 2.17. The maximum absolute atomic E-state index is 12.1. The van der Waals surface area contributed by atoms with Crippen LogP contribution in [0.25, 0.3) is 0 Å². The summed E-state index contributed by atoms with van der Waals surface area (Å²) in [4.78, 5) is 12.1. The number of fused-ring (bicyclic) bond motifs is 1. The van der Waals surface area contributed by atoms with Crippen LogP contribution in [0.5, 0.6) is 5.75 Å². The zero-order valence-electron chi connectivity index (χ0n) is 9.92. The van der Waals surface area contributed by atoms with Crippen molar-refractivity contribution in [2.75, 3.05) is 0 Å². The van der Waals surface area contributed by atoms with Crippen LogP contribution in [0.2, 0.25) is 0 Å². The summed E-state index contributed by atoms with van der Waals surface area (Å²) in [5, 5.41) is 10.1. The lowest BCUT2D eigenvalue weighted by Gasteiger charge is -2.29. The van der Waals surface area contributed by atoms with E-state index in [9.17, 15) is 9.90 Å². The highest BCUT2D eigenvalue weighted by molar-refractivity contribution is 9.10. The number of carbonyl (C=O) groups is 1. The number of aliphatic hydroxyl groups is 1. The van der Waals surface area contributed by atoms with E-state index in [1.54, 1.807) is 18.2 Å². The number of ether oxygens (including phenoxy) is 1. The Balaban J connectivity index is 2.01. The lowest BCUT2D eigenvalue weighted by atomic mass is 9.94. The number of carbonyl (C=O) groups excluding carboxylic acids is 1. The van der Waals surface area contributed by atoms with Crippen molar-refractivity contribution in [3.63, 3.8) is 0 Å². The lowest BCUT2D eigenvalue weighted by molar-refractivity contribution is 0.0216. The minimum Gasteiger partial charge on any atom is -0.482 e. The van der Waals surface area contributed by atoms with Gasteiger partial charge in [-0.1, -0.05) is 40.2 Å². The number of rotatable bonds is 1. The van der Waals surface area contributed by atoms with Crippen LogP contribution in [0.3, 0.4) is 0 Å². The Kier molecular flexibility index (Phi) is 3.12. The molecule has 2 unspecified atom stereocenters. The number of hydrogen-bond donors (Lipinski definition) is 1. The predicted octanol–water partition coefficient (Wildman–Crippen LogP) is 3.13. The van der Waals surface area contributed by atoms with Gasteiger partial charge < -0.3 is 9.84 Å². The van der Waals surface area contributed by atoms with Crippen LogP contribution in [-0.4, -0.2) is 17.0 Å². The quantitative estimate of drug-likeness (QED) is 0.878. The molecule has 1 aliphatic rings. The van der Waals surface area contributed by atoms with Gasteiger partial charge in [0.25, 0.3) is 0 Å². The van der Waals surface area contributed by atoms with Gasteiger partial charge in [0.1, 0.15) is 5.75 Å². The first kappa shape index (κ1) is 12.4. The van der Waals surface area contributed by atoms with Crippen LogP contribution in [0, 0.1) is 0 Å². The maximum atomic E-state index is 12.1. The number of ketones is 1. The van der Waals surface area contributed by atoms with Gasteiger partial charge in [-0.15, -0.1) is 0 Å². The van der Waals surface area contributed by atoms with Gasteiger partial charge in [0.2, 0.25) is 0 Å². The number of Topliss-reactive ketones (excluding diaryl/α,β-unsaturated/α-hetero) is 1. The Morgan fingerprint density at radius 3 is 2.47 bits per heavy atom. The molecule has 3 nitrogen and oxygen atoms in total. The van der Waals surface area contributed by atoms with Crippen molar-refractivity contribution in [3.8, 4) is 5.75 Å². The fourth-order valence-electron chi connectivity index (χ4n) is 2.17. The van der Waals surface area contributed by atoms with Crippen LogP contribution in [0.1, 0.15) is 22.0 Å². The second-order valence-electron chi connectivity index (χ2n) is 4.40. The van der Waals surface area contributed by atoms with Crippen molar-refractivity contribution >= 4 is 21.7 Å². The number of benzene rings is 2. The van der Waals surface area contributed by atoms with Gasteiger partial charge in [-0.05, 0) is 29.8 Å². The largest absolute Gasteiger partial charge is 0.482 e. The molecule has 0 aromatic heterocycles. The van der Waals surface area contributed by atoms with Crippen molar-refractivity contribution in [2.45, 2.75) is 12.2 Å². The van der Waals surface area contributed by atoms with Crippen molar-refractivity contribution in [1.29, 1.82) is 0 Å². The van der Waals surface area contributed by atoms with Gasteiger partial charge in [0.05, 0.1) is 5.56 Å². The molecule has 3 rings (SSSR count). The van der Waals surface area contributed by atoms with E-state index in [4.69, 9.17) is 4.74 Å². The second kappa shape index (κ2) is 4.79. The average molecular weight is 319 g/mol. The number of hydrogen-bond acceptors (Lipinski definition) is 3. The van der Waals surface area contributed by atoms with E-state index in [2.05, 4.69) is 15.9 Å². The van der Waals surface area contributed by atoms with Gasteiger partial charge in [-0.2, -0.15) is 0 Å². The molecule has 0 amide bonds. The maximum Gasteiger partial charge on any atom is 0.199 e. The Labute approximate surface area is 119 Å². The average Bonchev–Trinajstić information content (AvgIpc) is 2.44. The highest BCUT2D eigenvalue weighted by Crippen LogP contribution is 2.35. The van der Waals surface area contributed by atoms with Crippen molar-refractivity contribution < 1.29 is 14.6 Å². The van der Waals surface area contributed by atoms with E-state index >= 15 is 0 Å². The van der Waals surface area contributed by atoms with E-state index in [1.807, 2.05) is 30.3 Å². The number of halogens is 1. The monoisotopic (exact) mass is 318 g/mol. The Bertz CT molecular complexity index is 622. The first-order valence-corrected chi connectivity index (χ1v) is 6.69. The predicted molar refractivity (Wildman–Crippen MR) is 74.3 cm³/mol. The Morgan fingerprint density at radius 2 is 1.74 bits per heavy atom. The van der Waals surface area contributed by atoms with Gasteiger partial charge in [-0.25, -0.2) is 0 Å². The molecule has 96 valence electrons. The molecule has 0 aliphatic carbocycles. The lowest BCUT2D eigenvalue weighted by Crippen LogP contribution is -2.36. The molecule has 2 atom stereocenters.